The van der Waals surface area contributed by atoms with Crippen LogP contribution in [0, 0.1) is 19.8 Å². The second-order valence-corrected chi connectivity index (χ2v) is 13.3. The Morgan fingerprint density at radius 1 is 0.925 bits per heavy atom. The highest BCUT2D eigenvalue weighted by atomic mass is 16.6. The van der Waals surface area contributed by atoms with Crippen LogP contribution in [0.3, 0.4) is 0 Å². The van der Waals surface area contributed by atoms with Crippen molar-refractivity contribution in [1.29, 1.82) is 0 Å². The lowest BCUT2D eigenvalue weighted by Gasteiger charge is -2.38. The first kappa shape index (κ1) is 35.5. The number of hydrogen-bond donors (Lipinski definition) is 2. The normalized spacial score (nSPS) is 14.2. The number of carbonyl (C=O) groups is 3. The molecule has 3 atom stereocenters. The Labute approximate surface area is 244 Å². The summed E-state index contributed by atoms with van der Waals surface area (Å²) in [6.45, 7) is 21.8. The molecular weight excluding hydrogens is 502 g/mol. The molecule has 0 saturated heterocycles. The molecule has 1 aromatic rings. The summed E-state index contributed by atoms with van der Waals surface area (Å²) in [7, 11) is 0. The molecule has 228 valence electrons. The number of rotatable bonds is 14. The van der Waals surface area contributed by atoms with E-state index in [1.165, 1.54) is 12.8 Å². The molecule has 2 N–H and O–H groups in total. The zero-order chi connectivity index (χ0) is 30.7. The first-order chi connectivity index (χ1) is 18.5. The Balaban J connectivity index is 3.58. The minimum absolute atomic E-state index is 0.155. The summed E-state index contributed by atoms with van der Waals surface area (Å²) in [5.74, 6) is -0.640. The smallest absolute Gasteiger partial charge is 0.408 e. The Morgan fingerprint density at radius 2 is 1.52 bits per heavy atom. The maximum Gasteiger partial charge on any atom is 0.408 e. The van der Waals surface area contributed by atoms with E-state index in [1.807, 2.05) is 66.7 Å². The molecule has 7 nitrogen and oxygen atoms in total. The third-order valence-corrected chi connectivity index (χ3v) is 6.97. The van der Waals surface area contributed by atoms with Gasteiger partial charge < -0.3 is 20.3 Å². The van der Waals surface area contributed by atoms with Crippen molar-refractivity contribution in [3.63, 3.8) is 0 Å². The van der Waals surface area contributed by atoms with Crippen molar-refractivity contribution >= 4 is 17.9 Å². The average molecular weight is 560 g/mol. The molecule has 0 bridgehead atoms. The van der Waals surface area contributed by atoms with Gasteiger partial charge >= 0.3 is 6.09 Å². The summed E-state index contributed by atoms with van der Waals surface area (Å²) in [5, 5.41) is 5.98. The minimum Gasteiger partial charge on any atom is -0.444 e. The lowest BCUT2D eigenvalue weighted by molar-refractivity contribution is -0.144. The molecule has 0 saturated carbocycles. The number of benzene rings is 1. The Hall–Kier alpha value is -2.57. The molecule has 0 aliphatic heterocycles. The van der Waals surface area contributed by atoms with Crippen LogP contribution in [0.4, 0.5) is 4.79 Å². The molecule has 1 aromatic carbocycles. The topological polar surface area (TPSA) is 87.7 Å². The van der Waals surface area contributed by atoms with E-state index in [1.54, 1.807) is 25.7 Å². The largest absolute Gasteiger partial charge is 0.444 e. The predicted molar refractivity (Wildman–Crippen MR) is 164 cm³/mol. The summed E-state index contributed by atoms with van der Waals surface area (Å²) in [6.07, 6.45) is 6.40. The molecule has 1 rings (SSSR count). The molecule has 7 heteroatoms. The monoisotopic (exact) mass is 559 g/mol. The summed E-state index contributed by atoms with van der Waals surface area (Å²) >= 11 is 0. The molecule has 40 heavy (non-hydrogen) atoms. The van der Waals surface area contributed by atoms with Crippen LogP contribution in [0.25, 0.3) is 0 Å². The van der Waals surface area contributed by atoms with Gasteiger partial charge in [-0.05, 0) is 78.9 Å². The maximum absolute atomic E-state index is 14.4. The second kappa shape index (κ2) is 16.0. The first-order valence-electron chi connectivity index (χ1n) is 15.2. The molecule has 3 amide bonds. The van der Waals surface area contributed by atoms with Gasteiger partial charge in [0.1, 0.15) is 17.7 Å². The molecule has 0 fully saturated rings. The summed E-state index contributed by atoms with van der Waals surface area (Å²) < 4.78 is 5.52. The number of amides is 3. The molecule has 0 radical (unpaired) electrons. The number of alkyl carbamates (subject to hydrolysis) is 1. The van der Waals surface area contributed by atoms with Crippen LogP contribution < -0.4 is 10.6 Å². The number of hydrogen-bond acceptors (Lipinski definition) is 4. The Morgan fingerprint density at radius 3 is 2.05 bits per heavy atom. The third-order valence-electron chi connectivity index (χ3n) is 6.97. The fraction of sp³-hybridized carbons (Fsp3) is 0.727. The maximum atomic E-state index is 14.4. The van der Waals surface area contributed by atoms with Crippen molar-refractivity contribution < 1.29 is 19.1 Å². The Kier molecular flexibility index (Phi) is 14.2. The van der Waals surface area contributed by atoms with Crippen molar-refractivity contribution in [2.24, 2.45) is 5.92 Å². The molecule has 0 aromatic heterocycles. The van der Waals surface area contributed by atoms with Gasteiger partial charge in [-0.3, -0.25) is 9.59 Å². The third kappa shape index (κ3) is 12.3. The van der Waals surface area contributed by atoms with E-state index in [-0.39, 0.29) is 17.7 Å². The van der Waals surface area contributed by atoms with E-state index in [0.717, 1.165) is 42.4 Å². The van der Waals surface area contributed by atoms with Crippen LogP contribution in [0.1, 0.15) is 130 Å². The van der Waals surface area contributed by atoms with Crippen LogP contribution in [0.15, 0.2) is 18.2 Å². The number of unbranched alkanes of at least 4 members (excludes halogenated alkanes) is 5. The van der Waals surface area contributed by atoms with E-state index >= 15 is 0 Å². The van der Waals surface area contributed by atoms with E-state index in [0.29, 0.717) is 13.0 Å². The Bertz CT molecular complexity index is 961. The van der Waals surface area contributed by atoms with Gasteiger partial charge in [0.25, 0.3) is 0 Å². The molecule has 3 unspecified atom stereocenters. The first-order valence-corrected chi connectivity index (χ1v) is 15.2. The van der Waals surface area contributed by atoms with E-state index in [4.69, 9.17) is 4.74 Å². The highest BCUT2D eigenvalue weighted by molar-refractivity contribution is 5.92. The van der Waals surface area contributed by atoms with Crippen LogP contribution in [0.5, 0.6) is 0 Å². The predicted octanol–water partition coefficient (Wildman–Crippen LogP) is 7.39. The fourth-order valence-corrected chi connectivity index (χ4v) is 4.75. The van der Waals surface area contributed by atoms with Crippen LogP contribution in [-0.4, -0.2) is 46.5 Å². The van der Waals surface area contributed by atoms with Crippen molar-refractivity contribution in [1.82, 2.24) is 15.5 Å². The van der Waals surface area contributed by atoms with Crippen molar-refractivity contribution in [3.05, 3.63) is 34.9 Å². The van der Waals surface area contributed by atoms with E-state index in [2.05, 4.69) is 17.6 Å². The molecule has 0 spiro atoms. The lowest BCUT2D eigenvalue weighted by atomic mass is 9.93. The highest BCUT2D eigenvalue weighted by Crippen LogP contribution is 2.29. The van der Waals surface area contributed by atoms with Gasteiger partial charge in [0.2, 0.25) is 11.8 Å². The quantitative estimate of drug-likeness (QED) is 0.233. The number of ether oxygens (including phenoxy) is 1. The second-order valence-electron chi connectivity index (χ2n) is 13.3. The molecule has 0 heterocycles. The molecule has 0 aliphatic rings. The van der Waals surface area contributed by atoms with Crippen LogP contribution in [0.2, 0.25) is 0 Å². The zero-order valence-corrected chi connectivity index (χ0v) is 27.2. The van der Waals surface area contributed by atoms with Crippen molar-refractivity contribution in [2.75, 3.05) is 6.54 Å². The van der Waals surface area contributed by atoms with E-state index < -0.39 is 29.3 Å². The standard InChI is InChI=1S/C33H57N3O4/c1-12-14-15-16-17-18-21-36(30(38)27(24(4)13-2)34-31(39)40-33(9,10)11)28(29(37)35-32(6,7)8)26-20-19-23(3)22-25(26)5/h19-20,22,24,27-28H,12-18,21H2,1-11H3,(H,34,39)(H,35,37). The number of nitrogens with zero attached hydrogens (tertiary/aromatic N) is 1. The van der Waals surface area contributed by atoms with Crippen LogP contribution in [-0.2, 0) is 14.3 Å². The fourth-order valence-electron chi connectivity index (χ4n) is 4.75. The van der Waals surface area contributed by atoms with Gasteiger partial charge in [-0.25, -0.2) is 4.79 Å². The van der Waals surface area contributed by atoms with E-state index in [9.17, 15) is 14.4 Å². The zero-order valence-electron chi connectivity index (χ0n) is 27.2. The highest BCUT2D eigenvalue weighted by Gasteiger charge is 2.39. The van der Waals surface area contributed by atoms with Crippen molar-refractivity contribution in [3.8, 4) is 0 Å². The number of carbonyl (C=O) groups excluding carboxylic acids is 3. The SMILES string of the molecule is CCCCCCCCN(C(=O)C(NC(=O)OC(C)(C)C)C(C)CC)C(C(=O)NC(C)(C)C)c1ccc(C)cc1C. The lowest BCUT2D eigenvalue weighted by Crippen LogP contribution is -2.56. The van der Waals surface area contributed by atoms with Gasteiger partial charge in [0.15, 0.2) is 0 Å². The number of nitrogens with one attached hydrogen (secondary N) is 2. The molecule has 0 aliphatic carbocycles. The van der Waals surface area contributed by atoms with Crippen LogP contribution >= 0.6 is 0 Å². The van der Waals surface area contributed by atoms with Gasteiger partial charge in [-0.2, -0.15) is 0 Å². The van der Waals surface area contributed by atoms with Gasteiger partial charge in [-0.1, -0.05) is 83.1 Å². The van der Waals surface area contributed by atoms with Crippen molar-refractivity contribution in [2.45, 2.75) is 144 Å². The average Bonchev–Trinajstić information content (AvgIpc) is 2.81. The van der Waals surface area contributed by atoms with Gasteiger partial charge in [0.05, 0.1) is 0 Å². The summed E-state index contributed by atoms with van der Waals surface area (Å²) in [6, 6.07) is 4.34. The summed E-state index contributed by atoms with van der Waals surface area (Å²) in [4.78, 5) is 43.0. The minimum atomic E-state index is -0.824. The number of aryl methyl sites for hydroxylation is 2. The molecular formula is C33H57N3O4. The van der Waals surface area contributed by atoms with Gasteiger partial charge in [-0.15, -0.1) is 0 Å². The summed E-state index contributed by atoms with van der Waals surface area (Å²) in [5.41, 5.74) is 1.67. The van der Waals surface area contributed by atoms with Gasteiger partial charge in [0, 0.05) is 12.1 Å².